The van der Waals surface area contributed by atoms with E-state index in [-0.39, 0.29) is 18.0 Å². The monoisotopic (exact) mass is 363 g/mol. The molecule has 0 N–H and O–H groups in total. The summed E-state index contributed by atoms with van der Waals surface area (Å²) in [5.41, 5.74) is 0.672. The van der Waals surface area contributed by atoms with E-state index >= 15 is 0 Å². The summed E-state index contributed by atoms with van der Waals surface area (Å²) in [4.78, 5) is -0.269. The average molecular weight is 363 g/mol. The van der Waals surface area contributed by atoms with Crippen molar-refractivity contribution >= 4 is 10.0 Å². The minimum Gasteiger partial charge on any atom is -0.406 e. The van der Waals surface area contributed by atoms with Crippen molar-refractivity contribution in [2.24, 2.45) is 7.05 Å². The van der Waals surface area contributed by atoms with E-state index in [1.54, 1.807) is 20.2 Å². The van der Waals surface area contributed by atoms with E-state index in [0.29, 0.717) is 5.56 Å². The number of hydrogen-bond donors (Lipinski definition) is 0. The van der Waals surface area contributed by atoms with Gasteiger partial charge in [0.2, 0.25) is 10.0 Å². The van der Waals surface area contributed by atoms with E-state index in [9.17, 15) is 21.6 Å². The van der Waals surface area contributed by atoms with Gasteiger partial charge in [-0.2, -0.15) is 9.40 Å². The first-order valence-electron chi connectivity index (χ1n) is 6.95. The van der Waals surface area contributed by atoms with Gasteiger partial charge < -0.3 is 4.74 Å². The van der Waals surface area contributed by atoms with Gasteiger partial charge in [0, 0.05) is 38.0 Å². The van der Waals surface area contributed by atoms with Crippen molar-refractivity contribution in [1.29, 1.82) is 0 Å². The van der Waals surface area contributed by atoms with Crippen LogP contribution in [0.3, 0.4) is 0 Å². The lowest BCUT2D eigenvalue weighted by Gasteiger charge is -2.20. The van der Waals surface area contributed by atoms with Crippen LogP contribution in [0.15, 0.2) is 41.6 Å². The standard InChI is InChI=1S/C14H16F3N3O3S/c1-3-20(10-11-8-18-19(2)9-11)24(21,22)13-6-4-5-12(7-13)23-14(15,16)17/h4-9H,3,10H2,1-2H3. The Kier molecular flexibility index (Phi) is 5.19. The molecule has 0 saturated heterocycles. The zero-order valence-corrected chi connectivity index (χ0v) is 13.8. The quantitative estimate of drug-likeness (QED) is 0.791. The maximum Gasteiger partial charge on any atom is 0.573 e. The highest BCUT2D eigenvalue weighted by molar-refractivity contribution is 7.89. The van der Waals surface area contributed by atoms with Gasteiger partial charge in [-0.25, -0.2) is 8.42 Å². The second kappa shape index (κ2) is 6.81. The van der Waals surface area contributed by atoms with Crippen LogP contribution < -0.4 is 4.74 Å². The average Bonchev–Trinajstić information content (AvgIpc) is 2.88. The molecule has 0 atom stereocenters. The molecule has 0 unspecified atom stereocenters. The van der Waals surface area contributed by atoms with Crippen LogP contribution in [0.1, 0.15) is 12.5 Å². The molecule has 24 heavy (non-hydrogen) atoms. The van der Waals surface area contributed by atoms with Crippen LogP contribution >= 0.6 is 0 Å². The molecule has 0 saturated carbocycles. The highest BCUT2D eigenvalue weighted by atomic mass is 32.2. The van der Waals surface area contributed by atoms with Gasteiger partial charge in [0.15, 0.2) is 0 Å². The molecule has 0 amide bonds. The van der Waals surface area contributed by atoms with Crippen molar-refractivity contribution in [3.63, 3.8) is 0 Å². The fourth-order valence-corrected chi connectivity index (χ4v) is 3.58. The van der Waals surface area contributed by atoms with Crippen molar-refractivity contribution in [3.8, 4) is 5.75 Å². The van der Waals surface area contributed by atoms with Crippen molar-refractivity contribution in [3.05, 3.63) is 42.2 Å². The first kappa shape index (κ1) is 18.3. The molecule has 0 aliphatic carbocycles. The number of aryl methyl sites for hydroxylation is 1. The Hall–Kier alpha value is -2.07. The predicted molar refractivity (Wildman–Crippen MR) is 79.6 cm³/mol. The zero-order chi connectivity index (χ0) is 18.0. The molecule has 1 heterocycles. The van der Waals surface area contributed by atoms with Crippen LogP contribution in [0.5, 0.6) is 5.75 Å². The maximum absolute atomic E-state index is 12.7. The zero-order valence-electron chi connectivity index (χ0n) is 13.0. The molecule has 2 rings (SSSR count). The SMILES string of the molecule is CCN(Cc1cnn(C)c1)S(=O)(=O)c1cccc(OC(F)(F)F)c1. The van der Waals surface area contributed by atoms with Gasteiger partial charge >= 0.3 is 6.36 Å². The summed E-state index contributed by atoms with van der Waals surface area (Å²) in [7, 11) is -2.27. The van der Waals surface area contributed by atoms with Gasteiger partial charge in [-0.05, 0) is 12.1 Å². The number of hydrogen-bond acceptors (Lipinski definition) is 4. The molecular weight excluding hydrogens is 347 g/mol. The van der Waals surface area contributed by atoms with Gasteiger partial charge in [-0.1, -0.05) is 13.0 Å². The summed E-state index contributed by atoms with van der Waals surface area (Å²) < 4.78 is 68.6. The minimum absolute atomic E-state index is 0.0665. The number of alkyl halides is 3. The summed E-state index contributed by atoms with van der Waals surface area (Å²) in [6.07, 6.45) is -1.69. The fraction of sp³-hybridized carbons (Fsp3) is 0.357. The third-order valence-corrected chi connectivity index (χ3v) is 5.06. The molecule has 0 fully saturated rings. The highest BCUT2D eigenvalue weighted by Crippen LogP contribution is 2.26. The van der Waals surface area contributed by atoms with Crippen molar-refractivity contribution in [2.75, 3.05) is 6.54 Å². The van der Waals surface area contributed by atoms with E-state index in [2.05, 4.69) is 9.84 Å². The van der Waals surface area contributed by atoms with Crippen LogP contribution in [-0.4, -0.2) is 35.4 Å². The second-order valence-electron chi connectivity index (χ2n) is 4.98. The molecule has 0 aliphatic heterocycles. The molecule has 10 heteroatoms. The van der Waals surface area contributed by atoms with Gasteiger partial charge in [0.05, 0.1) is 11.1 Å². The first-order chi connectivity index (χ1) is 11.1. The smallest absolute Gasteiger partial charge is 0.406 e. The van der Waals surface area contributed by atoms with Crippen LogP contribution in [0.4, 0.5) is 13.2 Å². The largest absolute Gasteiger partial charge is 0.573 e. The van der Waals surface area contributed by atoms with Gasteiger partial charge in [0.25, 0.3) is 0 Å². The normalized spacial score (nSPS) is 12.6. The summed E-state index contributed by atoms with van der Waals surface area (Å²) in [6, 6.07) is 4.33. The molecular formula is C14H16F3N3O3S. The molecule has 0 aliphatic rings. The maximum atomic E-state index is 12.7. The Morgan fingerprint density at radius 1 is 1.33 bits per heavy atom. The molecule has 1 aromatic heterocycles. The molecule has 132 valence electrons. The summed E-state index contributed by atoms with van der Waals surface area (Å²) in [5.74, 6) is -0.582. The fourth-order valence-electron chi connectivity index (χ4n) is 2.10. The van der Waals surface area contributed by atoms with Crippen molar-refractivity contribution in [1.82, 2.24) is 14.1 Å². The third kappa shape index (κ3) is 4.48. The van der Waals surface area contributed by atoms with Gasteiger partial charge in [-0.3, -0.25) is 4.68 Å². The van der Waals surface area contributed by atoms with E-state index in [1.165, 1.54) is 23.0 Å². The van der Waals surface area contributed by atoms with Gasteiger partial charge in [0.1, 0.15) is 5.75 Å². The number of rotatable bonds is 6. The lowest BCUT2D eigenvalue weighted by molar-refractivity contribution is -0.274. The molecule has 6 nitrogen and oxygen atoms in total. The van der Waals surface area contributed by atoms with Crippen LogP contribution in [-0.2, 0) is 23.6 Å². The number of sulfonamides is 1. The van der Waals surface area contributed by atoms with E-state index in [0.717, 1.165) is 16.4 Å². The molecule has 0 spiro atoms. The highest BCUT2D eigenvalue weighted by Gasteiger charge is 2.32. The van der Waals surface area contributed by atoms with E-state index < -0.39 is 22.1 Å². The van der Waals surface area contributed by atoms with Crippen molar-refractivity contribution in [2.45, 2.75) is 24.7 Å². The number of benzene rings is 1. The van der Waals surface area contributed by atoms with E-state index in [4.69, 9.17) is 0 Å². The van der Waals surface area contributed by atoms with E-state index in [1.807, 2.05) is 0 Å². The number of nitrogens with zero attached hydrogens (tertiary/aromatic N) is 3. The van der Waals surface area contributed by atoms with Gasteiger partial charge in [-0.15, -0.1) is 13.2 Å². The Morgan fingerprint density at radius 3 is 2.58 bits per heavy atom. The summed E-state index contributed by atoms with van der Waals surface area (Å²) in [6.45, 7) is 1.86. The lowest BCUT2D eigenvalue weighted by Crippen LogP contribution is -2.30. The van der Waals surface area contributed by atoms with Crippen molar-refractivity contribution < 1.29 is 26.3 Å². The number of halogens is 3. The Balaban J connectivity index is 2.28. The Morgan fingerprint density at radius 2 is 2.04 bits per heavy atom. The van der Waals surface area contributed by atoms with Crippen LogP contribution in [0.25, 0.3) is 0 Å². The topological polar surface area (TPSA) is 64.4 Å². The number of aromatic nitrogens is 2. The Labute approximate surface area is 137 Å². The molecule has 1 aromatic carbocycles. The van der Waals surface area contributed by atoms with Crippen LogP contribution in [0, 0.1) is 0 Å². The predicted octanol–water partition coefficient (Wildman–Crippen LogP) is 2.53. The number of ether oxygens (including phenoxy) is 1. The molecule has 0 radical (unpaired) electrons. The summed E-state index contributed by atoms with van der Waals surface area (Å²) in [5, 5.41) is 3.96. The first-order valence-corrected chi connectivity index (χ1v) is 8.39. The molecule has 0 bridgehead atoms. The minimum atomic E-state index is -4.89. The third-order valence-electron chi connectivity index (χ3n) is 3.15. The molecule has 2 aromatic rings. The summed E-state index contributed by atoms with van der Waals surface area (Å²) >= 11 is 0. The Bertz CT molecular complexity index is 803. The second-order valence-corrected chi connectivity index (χ2v) is 6.91. The lowest BCUT2D eigenvalue weighted by atomic mass is 10.3. The van der Waals surface area contributed by atoms with Crippen LogP contribution in [0.2, 0.25) is 0 Å².